The van der Waals surface area contributed by atoms with Gasteiger partial charge in [0.15, 0.2) is 5.82 Å². The monoisotopic (exact) mass is 349 g/mol. The van der Waals surface area contributed by atoms with Gasteiger partial charge in [-0.15, -0.1) is 0 Å². The van der Waals surface area contributed by atoms with E-state index in [1.54, 1.807) is 0 Å². The Balaban J connectivity index is 2.00. The van der Waals surface area contributed by atoms with Crippen molar-refractivity contribution in [3.63, 3.8) is 0 Å². The zero-order valence-electron chi connectivity index (χ0n) is 12.4. The molecule has 112 valence electrons. The lowest BCUT2D eigenvalue weighted by atomic mass is 10.2. The lowest BCUT2D eigenvalue weighted by molar-refractivity contribution is 0.660. The summed E-state index contributed by atoms with van der Waals surface area (Å²) in [5, 5.41) is 7.71. The third-order valence-electron chi connectivity index (χ3n) is 3.60. The Bertz CT molecular complexity index is 633. The van der Waals surface area contributed by atoms with Gasteiger partial charge in [-0.25, -0.2) is 9.97 Å². The zero-order valence-corrected chi connectivity index (χ0v) is 14.0. The first-order chi connectivity index (χ1) is 10.2. The largest absolute Gasteiger partial charge is 0.369 e. The van der Waals surface area contributed by atoms with Crippen molar-refractivity contribution in [2.75, 3.05) is 11.9 Å². The highest BCUT2D eigenvalue weighted by molar-refractivity contribution is 9.10. The van der Waals surface area contributed by atoms with Gasteiger partial charge in [0.05, 0.1) is 21.9 Å². The Morgan fingerprint density at radius 1 is 1.33 bits per heavy atom. The number of hydrogen-bond donors (Lipinski definition) is 1. The van der Waals surface area contributed by atoms with Gasteiger partial charge in [0.1, 0.15) is 5.82 Å². The van der Waals surface area contributed by atoms with Crippen molar-refractivity contribution < 1.29 is 0 Å². The van der Waals surface area contributed by atoms with E-state index in [1.807, 2.05) is 17.1 Å². The summed E-state index contributed by atoms with van der Waals surface area (Å²) >= 11 is 3.67. The number of aromatic nitrogens is 4. The fourth-order valence-electron chi connectivity index (χ4n) is 2.23. The van der Waals surface area contributed by atoms with E-state index in [1.165, 1.54) is 12.8 Å². The maximum Gasteiger partial charge on any atom is 0.165 e. The number of halogens is 1. The molecule has 2 aromatic rings. The van der Waals surface area contributed by atoms with Crippen LogP contribution in [0.15, 0.2) is 16.9 Å². The number of hydrogen-bond acceptors (Lipinski definition) is 4. The molecule has 0 radical (unpaired) electrons. The Morgan fingerprint density at radius 2 is 2.14 bits per heavy atom. The Labute approximate surface area is 133 Å². The van der Waals surface area contributed by atoms with Crippen molar-refractivity contribution >= 4 is 21.7 Å². The van der Waals surface area contributed by atoms with Crippen LogP contribution >= 0.6 is 15.9 Å². The summed E-state index contributed by atoms with van der Waals surface area (Å²) in [5.74, 6) is 2.23. The van der Waals surface area contributed by atoms with E-state index in [-0.39, 0.29) is 0 Å². The molecule has 0 aliphatic heterocycles. The molecule has 0 aromatic carbocycles. The molecular formula is C15H20BrN5. The van der Waals surface area contributed by atoms with Crippen molar-refractivity contribution in [1.82, 2.24) is 19.7 Å². The van der Waals surface area contributed by atoms with E-state index in [9.17, 15) is 0 Å². The van der Waals surface area contributed by atoms with Crippen LogP contribution in [-0.4, -0.2) is 26.3 Å². The average Bonchev–Trinajstić information content (AvgIpc) is 3.23. The van der Waals surface area contributed by atoms with Gasteiger partial charge >= 0.3 is 0 Å². The first kappa shape index (κ1) is 14.5. The van der Waals surface area contributed by atoms with Crippen molar-refractivity contribution in [3.8, 4) is 11.4 Å². The molecule has 0 atom stereocenters. The van der Waals surface area contributed by atoms with Gasteiger partial charge in [0.25, 0.3) is 0 Å². The highest BCUT2D eigenvalue weighted by Crippen LogP contribution is 2.44. The van der Waals surface area contributed by atoms with Crippen molar-refractivity contribution in [2.45, 2.75) is 45.6 Å². The van der Waals surface area contributed by atoms with Gasteiger partial charge in [-0.05, 0) is 42.1 Å². The average molecular weight is 350 g/mol. The summed E-state index contributed by atoms with van der Waals surface area (Å²) in [4.78, 5) is 9.45. The summed E-state index contributed by atoms with van der Waals surface area (Å²) < 4.78 is 2.92. The van der Waals surface area contributed by atoms with E-state index in [0.717, 1.165) is 46.9 Å². The minimum Gasteiger partial charge on any atom is -0.369 e. The smallest absolute Gasteiger partial charge is 0.165 e. The van der Waals surface area contributed by atoms with Crippen LogP contribution in [0.3, 0.4) is 0 Å². The van der Waals surface area contributed by atoms with Crippen molar-refractivity contribution in [2.24, 2.45) is 0 Å². The predicted octanol–water partition coefficient (Wildman–Crippen LogP) is 3.82. The quantitative estimate of drug-likeness (QED) is 0.861. The predicted molar refractivity (Wildman–Crippen MR) is 87.4 cm³/mol. The molecule has 0 spiro atoms. The summed E-state index contributed by atoms with van der Waals surface area (Å²) in [5.41, 5.74) is 2.11. The number of aryl methyl sites for hydroxylation is 1. The highest BCUT2D eigenvalue weighted by Gasteiger charge is 2.29. The molecule has 1 aliphatic rings. The summed E-state index contributed by atoms with van der Waals surface area (Å²) in [6.45, 7) is 5.99. The minimum atomic E-state index is 0.574. The topological polar surface area (TPSA) is 55.6 Å². The van der Waals surface area contributed by atoms with E-state index < -0.39 is 0 Å². The first-order valence-electron chi connectivity index (χ1n) is 7.57. The molecule has 0 amide bonds. The molecular weight excluding hydrogens is 330 g/mol. The van der Waals surface area contributed by atoms with Crippen LogP contribution < -0.4 is 5.32 Å². The van der Waals surface area contributed by atoms with Crippen LogP contribution in [0.2, 0.25) is 0 Å². The number of nitrogens with zero attached hydrogens (tertiary/aromatic N) is 4. The highest BCUT2D eigenvalue weighted by atomic mass is 79.9. The van der Waals surface area contributed by atoms with Gasteiger partial charge < -0.3 is 5.32 Å². The van der Waals surface area contributed by atoms with Gasteiger partial charge in [-0.1, -0.05) is 6.92 Å². The second-order valence-corrected chi connectivity index (χ2v) is 6.17. The fraction of sp³-hybridized carbons (Fsp3) is 0.533. The maximum atomic E-state index is 4.77. The van der Waals surface area contributed by atoms with E-state index in [0.29, 0.717) is 5.92 Å². The first-order valence-corrected chi connectivity index (χ1v) is 8.36. The summed E-state index contributed by atoms with van der Waals surface area (Å²) in [6.07, 6.45) is 7.35. The molecule has 21 heavy (non-hydrogen) atoms. The molecule has 2 aromatic heterocycles. The van der Waals surface area contributed by atoms with Crippen LogP contribution in [0, 0.1) is 0 Å². The third kappa shape index (κ3) is 3.10. The van der Waals surface area contributed by atoms with Crippen LogP contribution in [0.4, 0.5) is 5.82 Å². The lowest BCUT2D eigenvalue weighted by Gasteiger charge is -2.11. The number of nitrogens with one attached hydrogen (secondary N) is 1. The molecule has 1 aliphatic carbocycles. The minimum absolute atomic E-state index is 0.574. The van der Waals surface area contributed by atoms with Crippen LogP contribution in [-0.2, 0) is 6.54 Å². The molecule has 1 saturated carbocycles. The summed E-state index contributed by atoms with van der Waals surface area (Å²) in [6, 6.07) is 0. The van der Waals surface area contributed by atoms with Crippen LogP contribution in [0.5, 0.6) is 0 Å². The van der Waals surface area contributed by atoms with Gasteiger partial charge in [-0.3, -0.25) is 4.68 Å². The Kier molecular flexibility index (Phi) is 4.24. The van der Waals surface area contributed by atoms with Gasteiger partial charge in [0, 0.05) is 25.2 Å². The number of rotatable bonds is 6. The normalized spacial score (nSPS) is 14.4. The Morgan fingerprint density at radius 3 is 2.76 bits per heavy atom. The molecule has 1 N–H and O–H groups in total. The van der Waals surface area contributed by atoms with E-state index in [4.69, 9.17) is 4.98 Å². The molecule has 1 fully saturated rings. The molecule has 3 rings (SSSR count). The van der Waals surface area contributed by atoms with E-state index in [2.05, 4.69) is 45.2 Å². The second-order valence-electron chi connectivity index (χ2n) is 5.38. The van der Waals surface area contributed by atoms with Crippen LogP contribution in [0.1, 0.15) is 44.7 Å². The SMILES string of the molecule is CCCNc1nc(-c2cnn(CC)c2)nc(C2CC2)c1Br. The molecule has 0 unspecified atom stereocenters. The second kappa shape index (κ2) is 6.13. The molecule has 5 nitrogen and oxygen atoms in total. The van der Waals surface area contributed by atoms with Crippen molar-refractivity contribution in [1.29, 1.82) is 0 Å². The molecule has 0 bridgehead atoms. The lowest BCUT2D eigenvalue weighted by Crippen LogP contribution is -2.07. The standard InChI is InChI=1S/C15H20BrN5/c1-3-7-17-15-12(16)13(10-5-6-10)19-14(20-15)11-8-18-21(4-2)9-11/h8-10H,3-7H2,1-2H3,(H,17,19,20). The third-order valence-corrected chi connectivity index (χ3v) is 4.38. The summed E-state index contributed by atoms with van der Waals surface area (Å²) in [7, 11) is 0. The van der Waals surface area contributed by atoms with Gasteiger partial charge in [-0.2, -0.15) is 5.10 Å². The molecule has 2 heterocycles. The molecule has 0 saturated heterocycles. The van der Waals surface area contributed by atoms with Crippen molar-refractivity contribution in [3.05, 3.63) is 22.6 Å². The van der Waals surface area contributed by atoms with Crippen LogP contribution in [0.25, 0.3) is 11.4 Å². The molecule has 6 heteroatoms. The Hall–Kier alpha value is -1.43. The van der Waals surface area contributed by atoms with Gasteiger partial charge in [0.2, 0.25) is 0 Å². The fourth-order valence-corrected chi connectivity index (χ4v) is 2.87. The zero-order chi connectivity index (χ0) is 14.8. The maximum absolute atomic E-state index is 4.77. The van der Waals surface area contributed by atoms with E-state index >= 15 is 0 Å². The number of anilines is 1.